The van der Waals surface area contributed by atoms with Crippen LogP contribution in [-0.4, -0.2) is 28.0 Å². The van der Waals surface area contributed by atoms with Crippen molar-refractivity contribution in [3.05, 3.63) is 81.4 Å². The number of amides is 1. The van der Waals surface area contributed by atoms with Gasteiger partial charge in [0.25, 0.3) is 10.0 Å². The highest BCUT2D eigenvalue weighted by atomic mass is 127. The van der Waals surface area contributed by atoms with Gasteiger partial charge in [-0.15, -0.1) is 0 Å². The maximum absolute atomic E-state index is 13.5. The quantitative estimate of drug-likeness (QED) is 0.431. The predicted molar refractivity (Wildman–Crippen MR) is 131 cm³/mol. The highest BCUT2D eigenvalue weighted by molar-refractivity contribution is 14.1. The zero-order chi connectivity index (χ0) is 22.6. The number of aryl methyl sites for hydroxylation is 2. The van der Waals surface area contributed by atoms with Gasteiger partial charge in [-0.05, 0) is 96.1 Å². The van der Waals surface area contributed by atoms with E-state index in [1.54, 1.807) is 49.4 Å². The molecule has 0 fully saturated rings. The van der Waals surface area contributed by atoms with Crippen LogP contribution < -0.4 is 14.4 Å². The number of carbonyl (C=O) groups is 1. The first-order valence-electron chi connectivity index (χ1n) is 9.51. The van der Waals surface area contributed by atoms with Gasteiger partial charge < -0.3 is 10.1 Å². The molecule has 1 amide bonds. The molecule has 0 bridgehead atoms. The zero-order valence-corrected chi connectivity index (χ0v) is 20.4. The number of nitrogens with zero attached hydrogens (tertiary/aromatic N) is 1. The maximum Gasteiger partial charge on any atom is 0.264 e. The number of ether oxygens (including phenoxy) is 1. The third-order valence-electron chi connectivity index (χ3n) is 4.75. The van der Waals surface area contributed by atoms with Crippen molar-refractivity contribution in [3.63, 3.8) is 0 Å². The molecule has 0 aliphatic heterocycles. The molecule has 0 radical (unpaired) electrons. The SMILES string of the molecule is COc1ccc(S(=O)(=O)N(CC(=O)Nc2ccc(I)cc2C)c2ccccc2)cc1C. The van der Waals surface area contributed by atoms with E-state index in [0.717, 1.165) is 13.4 Å². The molecule has 1 N–H and O–H groups in total. The standard InChI is InChI=1S/C23H23IN2O4S/c1-16-13-18(24)9-11-21(16)25-23(27)15-26(19-7-5-4-6-8-19)31(28,29)20-10-12-22(30-3)17(2)14-20/h4-14H,15H2,1-3H3,(H,25,27). The third kappa shape index (κ3) is 5.37. The molecule has 3 rings (SSSR count). The Morgan fingerprint density at radius 2 is 1.71 bits per heavy atom. The van der Waals surface area contributed by atoms with Gasteiger partial charge in [0.15, 0.2) is 0 Å². The van der Waals surface area contributed by atoms with E-state index >= 15 is 0 Å². The minimum Gasteiger partial charge on any atom is -0.496 e. The maximum atomic E-state index is 13.5. The average Bonchev–Trinajstić information content (AvgIpc) is 2.74. The zero-order valence-electron chi connectivity index (χ0n) is 17.4. The van der Waals surface area contributed by atoms with Crippen LogP contribution in [0.5, 0.6) is 5.75 Å². The number of hydrogen-bond donors (Lipinski definition) is 1. The lowest BCUT2D eigenvalue weighted by Gasteiger charge is -2.24. The minimum absolute atomic E-state index is 0.0906. The molecule has 162 valence electrons. The lowest BCUT2D eigenvalue weighted by Crippen LogP contribution is -2.38. The number of halogens is 1. The molecule has 0 saturated heterocycles. The largest absolute Gasteiger partial charge is 0.496 e. The van der Waals surface area contributed by atoms with E-state index in [2.05, 4.69) is 27.9 Å². The second-order valence-electron chi connectivity index (χ2n) is 6.99. The Balaban J connectivity index is 1.95. The van der Waals surface area contributed by atoms with Gasteiger partial charge in [-0.2, -0.15) is 0 Å². The number of hydrogen-bond acceptors (Lipinski definition) is 4. The monoisotopic (exact) mass is 550 g/mol. The summed E-state index contributed by atoms with van der Waals surface area (Å²) in [4.78, 5) is 12.9. The summed E-state index contributed by atoms with van der Waals surface area (Å²) in [5.74, 6) is 0.166. The summed E-state index contributed by atoms with van der Waals surface area (Å²) in [5.41, 5.74) is 2.65. The Morgan fingerprint density at radius 3 is 2.32 bits per heavy atom. The van der Waals surface area contributed by atoms with E-state index in [-0.39, 0.29) is 11.4 Å². The van der Waals surface area contributed by atoms with Gasteiger partial charge in [0.2, 0.25) is 5.91 Å². The first-order valence-corrected chi connectivity index (χ1v) is 12.0. The minimum atomic E-state index is -3.99. The van der Waals surface area contributed by atoms with Gasteiger partial charge >= 0.3 is 0 Å². The summed E-state index contributed by atoms with van der Waals surface area (Å²) in [6, 6.07) is 18.9. The van der Waals surface area contributed by atoms with Crippen molar-refractivity contribution < 1.29 is 17.9 Å². The fourth-order valence-corrected chi connectivity index (χ4v) is 5.29. The number of para-hydroxylation sites is 1. The van der Waals surface area contributed by atoms with Gasteiger partial charge in [-0.25, -0.2) is 8.42 Å². The molecule has 3 aromatic carbocycles. The molecule has 8 heteroatoms. The smallest absolute Gasteiger partial charge is 0.264 e. The van der Waals surface area contributed by atoms with Crippen LogP contribution in [0.1, 0.15) is 11.1 Å². The number of carbonyl (C=O) groups excluding carboxylic acids is 1. The van der Waals surface area contributed by atoms with Gasteiger partial charge in [0.05, 0.1) is 17.7 Å². The highest BCUT2D eigenvalue weighted by Gasteiger charge is 2.28. The van der Waals surface area contributed by atoms with E-state index < -0.39 is 15.9 Å². The second-order valence-corrected chi connectivity index (χ2v) is 10.1. The topological polar surface area (TPSA) is 75.7 Å². The molecular formula is C23H23IN2O4S. The number of anilines is 2. The fourth-order valence-electron chi connectivity index (χ4n) is 3.14. The van der Waals surface area contributed by atoms with Crippen LogP contribution in [0.4, 0.5) is 11.4 Å². The molecule has 0 saturated carbocycles. The van der Waals surface area contributed by atoms with Gasteiger partial charge in [-0.1, -0.05) is 18.2 Å². The Morgan fingerprint density at radius 1 is 1.00 bits per heavy atom. The summed E-state index contributed by atoms with van der Waals surface area (Å²) in [6.07, 6.45) is 0. The summed E-state index contributed by atoms with van der Waals surface area (Å²) >= 11 is 2.20. The van der Waals surface area contributed by atoms with Crippen molar-refractivity contribution in [2.45, 2.75) is 18.7 Å². The molecule has 0 spiro atoms. The molecule has 6 nitrogen and oxygen atoms in total. The Labute approximate surface area is 196 Å². The Bertz CT molecular complexity index is 1200. The van der Waals surface area contributed by atoms with Crippen LogP contribution in [0.15, 0.2) is 71.6 Å². The third-order valence-corrected chi connectivity index (χ3v) is 7.19. The lowest BCUT2D eigenvalue weighted by molar-refractivity contribution is -0.114. The summed E-state index contributed by atoms with van der Waals surface area (Å²) < 4.78 is 34.4. The molecule has 3 aromatic rings. The van der Waals surface area contributed by atoms with Crippen LogP contribution in [0.2, 0.25) is 0 Å². The van der Waals surface area contributed by atoms with Gasteiger partial charge in [-0.3, -0.25) is 9.10 Å². The lowest BCUT2D eigenvalue weighted by atomic mass is 10.2. The normalized spacial score (nSPS) is 11.1. The number of rotatable bonds is 7. The van der Waals surface area contributed by atoms with E-state index in [1.165, 1.54) is 13.2 Å². The average molecular weight is 550 g/mol. The molecule has 0 aliphatic carbocycles. The van der Waals surface area contributed by atoms with Crippen molar-refractivity contribution in [3.8, 4) is 5.75 Å². The Kier molecular flexibility index (Phi) is 7.22. The summed E-state index contributed by atoms with van der Waals surface area (Å²) in [7, 11) is -2.46. The predicted octanol–water partition coefficient (Wildman–Crippen LogP) is 4.75. The van der Waals surface area contributed by atoms with Crippen LogP contribution in [0, 0.1) is 17.4 Å². The number of sulfonamides is 1. The van der Waals surface area contributed by atoms with Crippen molar-refractivity contribution in [1.29, 1.82) is 0 Å². The molecule has 0 aliphatic rings. The van der Waals surface area contributed by atoms with Crippen molar-refractivity contribution in [2.75, 3.05) is 23.3 Å². The van der Waals surface area contributed by atoms with Crippen LogP contribution in [0.25, 0.3) is 0 Å². The van der Waals surface area contributed by atoms with Gasteiger partial charge in [0, 0.05) is 9.26 Å². The highest BCUT2D eigenvalue weighted by Crippen LogP contribution is 2.27. The summed E-state index contributed by atoms with van der Waals surface area (Å²) in [6.45, 7) is 3.31. The fraction of sp³-hybridized carbons (Fsp3) is 0.174. The molecule has 0 atom stereocenters. The second kappa shape index (κ2) is 9.69. The van der Waals surface area contributed by atoms with Crippen molar-refractivity contribution in [2.24, 2.45) is 0 Å². The van der Waals surface area contributed by atoms with Crippen LogP contribution in [-0.2, 0) is 14.8 Å². The van der Waals surface area contributed by atoms with E-state index in [0.29, 0.717) is 22.7 Å². The van der Waals surface area contributed by atoms with Crippen molar-refractivity contribution in [1.82, 2.24) is 0 Å². The van der Waals surface area contributed by atoms with Crippen molar-refractivity contribution >= 4 is 49.9 Å². The molecule has 0 heterocycles. The molecule has 31 heavy (non-hydrogen) atoms. The van der Waals surface area contributed by atoms with E-state index in [1.807, 2.05) is 25.1 Å². The van der Waals surface area contributed by atoms with Gasteiger partial charge in [0.1, 0.15) is 12.3 Å². The molecule has 0 aromatic heterocycles. The number of benzene rings is 3. The Hall–Kier alpha value is -2.59. The first kappa shape index (κ1) is 23.1. The van der Waals surface area contributed by atoms with E-state index in [4.69, 9.17) is 4.74 Å². The van der Waals surface area contributed by atoms with E-state index in [9.17, 15) is 13.2 Å². The van der Waals surface area contributed by atoms with Crippen LogP contribution >= 0.6 is 22.6 Å². The number of methoxy groups -OCH3 is 1. The molecule has 0 unspecified atom stereocenters. The summed E-state index contributed by atoms with van der Waals surface area (Å²) in [5, 5.41) is 2.82. The molecular weight excluding hydrogens is 527 g/mol. The van der Waals surface area contributed by atoms with Crippen LogP contribution in [0.3, 0.4) is 0 Å². The number of nitrogens with one attached hydrogen (secondary N) is 1. The first-order chi connectivity index (χ1) is 14.7.